The summed E-state index contributed by atoms with van der Waals surface area (Å²) in [5, 5.41) is 20.5. The van der Waals surface area contributed by atoms with Gasteiger partial charge in [-0.1, -0.05) is 23.4 Å². The number of hydrogen-bond donors (Lipinski definition) is 3. The lowest BCUT2D eigenvalue weighted by molar-refractivity contribution is -0.274. The van der Waals surface area contributed by atoms with E-state index in [1.165, 1.54) is 19.1 Å². The number of nitrogens with zero attached hydrogens (tertiary/aromatic N) is 2. The van der Waals surface area contributed by atoms with Crippen LogP contribution in [0.1, 0.15) is 6.92 Å². The van der Waals surface area contributed by atoms with Gasteiger partial charge in [-0.25, -0.2) is 0 Å². The van der Waals surface area contributed by atoms with Crippen LogP contribution in [0.4, 0.5) is 24.7 Å². The number of carbonyl (C=O) groups excluding carboxylic acids is 1. The first-order chi connectivity index (χ1) is 15.7. The maximum absolute atomic E-state index is 12.9. The summed E-state index contributed by atoms with van der Waals surface area (Å²) in [7, 11) is 0. The Kier molecular flexibility index (Phi) is 6.14. The van der Waals surface area contributed by atoms with Gasteiger partial charge >= 0.3 is 6.36 Å². The summed E-state index contributed by atoms with van der Waals surface area (Å²) >= 11 is 0. The van der Waals surface area contributed by atoms with Crippen LogP contribution in [-0.2, 0) is 4.79 Å². The summed E-state index contributed by atoms with van der Waals surface area (Å²) in [5.41, 5.74) is 0.708. The number of nitrogens with one attached hydrogen (secondary N) is 2. The van der Waals surface area contributed by atoms with Gasteiger partial charge in [-0.05, 0) is 23.8 Å². The standard InChI is InChI=1S/C22H21F3N4O4/c1-13(30)27-17-6-5-14(11-19(17)32-22(23,24)25)15-3-2-4-16(21(15)31)18-12-20(28-33-18)29-9-7-26-8-10-29/h2-6,11-12,26,31H,7-10H2,1H3,(H,27,30). The summed E-state index contributed by atoms with van der Waals surface area (Å²) in [6.07, 6.45) is -4.96. The maximum Gasteiger partial charge on any atom is 0.573 e. The van der Waals surface area contributed by atoms with Crippen molar-refractivity contribution in [3.05, 3.63) is 42.5 Å². The molecule has 11 heteroatoms. The van der Waals surface area contributed by atoms with E-state index in [4.69, 9.17) is 4.52 Å². The van der Waals surface area contributed by atoms with E-state index in [9.17, 15) is 23.1 Å². The number of piperazine rings is 1. The van der Waals surface area contributed by atoms with Gasteiger partial charge in [0.15, 0.2) is 17.3 Å². The van der Waals surface area contributed by atoms with Crippen molar-refractivity contribution in [1.82, 2.24) is 10.5 Å². The van der Waals surface area contributed by atoms with Gasteiger partial charge < -0.3 is 29.9 Å². The van der Waals surface area contributed by atoms with Gasteiger partial charge in [-0.3, -0.25) is 4.79 Å². The van der Waals surface area contributed by atoms with Gasteiger partial charge in [-0.15, -0.1) is 13.2 Å². The van der Waals surface area contributed by atoms with E-state index in [0.717, 1.165) is 32.2 Å². The van der Waals surface area contributed by atoms with Gasteiger partial charge in [0.05, 0.1) is 11.3 Å². The Bertz CT molecular complexity index is 1160. The second kappa shape index (κ2) is 9.02. The number of alkyl halides is 3. The van der Waals surface area contributed by atoms with Crippen molar-refractivity contribution in [2.45, 2.75) is 13.3 Å². The van der Waals surface area contributed by atoms with Crippen molar-refractivity contribution in [2.24, 2.45) is 0 Å². The quantitative estimate of drug-likeness (QED) is 0.527. The number of rotatable bonds is 5. The lowest BCUT2D eigenvalue weighted by Crippen LogP contribution is -2.43. The molecule has 174 valence electrons. The minimum absolute atomic E-state index is 0.143. The Labute approximate surface area is 186 Å². The summed E-state index contributed by atoms with van der Waals surface area (Å²) in [5.74, 6) is -0.377. The van der Waals surface area contributed by atoms with E-state index in [1.54, 1.807) is 24.3 Å². The number of carbonyl (C=O) groups is 1. The van der Waals surface area contributed by atoms with E-state index < -0.39 is 18.0 Å². The number of aromatic hydroxyl groups is 1. The molecule has 2 aromatic carbocycles. The average molecular weight is 462 g/mol. The van der Waals surface area contributed by atoms with E-state index in [0.29, 0.717) is 17.1 Å². The third-order valence-electron chi connectivity index (χ3n) is 5.07. The molecule has 1 fully saturated rings. The molecule has 0 radical (unpaired) electrons. The molecule has 1 aromatic heterocycles. The molecule has 0 atom stereocenters. The van der Waals surface area contributed by atoms with E-state index >= 15 is 0 Å². The smallest absolute Gasteiger partial charge is 0.507 e. The highest BCUT2D eigenvalue weighted by Gasteiger charge is 2.32. The molecule has 1 aliphatic rings. The van der Waals surface area contributed by atoms with E-state index in [-0.39, 0.29) is 22.6 Å². The zero-order valence-electron chi connectivity index (χ0n) is 17.6. The molecular weight excluding hydrogens is 441 g/mol. The number of ether oxygens (including phenoxy) is 1. The number of hydrogen-bond acceptors (Lipinski definition) is 7. The van der Waals surface area contributed by atoms with Crippen molar-refractivity contribution in [1.29, 1.82) is 0 Å². The van der Waals surface area contributed by atoms with Crippen molar-refractivity contribution < 1.29 is 32.3 Å². The lowest BCUT2D eigenvalue weighted by atomic mass is 9.99. The molecule has 3 aromatic rings. The third kappa shape index (κ3) is 5.20. The topological polar surface area (TPSA) is 99.9 Å². The van der Waals surface area contributed by atoms with Crippen LogP contribution in [0.25, 0.3) is 22.5 Å². The molecule has 0 aliphatic carbocycles. The predicted molar refractivity (Wildman–Crippen MR) is 115 cm³/mol. The van der Waals surface area contributed by atoms with Crippen LogP contribution >= 0.6 is 0 Å². The Balaban J connectivity index is 1.69. The minimum Gasteiger partial charge on any atom is -0.507 e. The Morgan fingerprint density at radius 1 is 1.18 bits per heavy atom. The highest BCUT2D eigenvalue weighted by atomic mass is 19.4. The largest absolute Gasteiger partial charge is 0.573 e. The summed E-state index contributed by atoms with van der Waals surface area (Å²) < 4.78 is 48.2. The van der Waals surface area contributed by atoms with Crippen molar-refractivity contribution >= 4 is 17.4 Å². The molecule has 4 rings (SSSR count). The van der Waals surface area contributed by atoms with Crippen LogP contribution in [0, 0.1) is 0 Å². The first kappa shape index (κ1) is 22.5. The Morgan fingerprint density at radius 2 is 1.91 bits per heavy atom. The Hall–Kier alpha value is -3.73. The van der Waals surface area contributed by atoms with Crippen LogP contribution < -0.4 is 20.3 Å². The SMILES string of the molecule is CC(=O)Nc1ccc(-c2cccc(-c3cc(N4CCNCC4)no3)c2O)cc1OC(F)(F)F. The molecule has 0 spiro atoms. The first-order valence-corrected chi connectivity index (χ1v) is 10.1. The molecular formula is C22H21F3N4O4. The monoisotopic (exact) mass is 462 g/mol. The van der Waals surface area contributed by atoms with Gasteiger partial charge in [0.2, 0.25) is 5.91 Å². The molecule has 0 bridgehead atoms. The second-order valence-electron chi connectivity index (χ2n) is 7.43. The van der Waals surface area contributed by atoms with Crippen LogP contribution in [0.3, 0.4) is 0 Å². The number of para-hydroxylation sites is 1. The van der Waals surface area contributed by atoms with Crippen molar-refractivity contribution in [3.63, 3.8) is 0 Å². The number of benzene rings is 2. The highest BCUT2D eigenvalue weighted by Crippen LogP contribution is 2.41. The van der Waals surface area contributed by atoms with Gasteiger partial charge in [0.25, 0.3) is 0 Å². The van der Waals surface area contributed by atoms with Crippen molar-refractivity contribution in [3.8, 4) is 33.9 Å². The summed E-state index contributed by atoms with van der Waals surface area (Å²) in [4.78, 5) is 13.4. The van der Waals surface area contributed by atoms with Crippen LogP contribution in [-0.4, -0.2) is 48.7 Å². The van der Waals surface area contributed by atoms with Crippen LogP contribution in [0.15, 0.2) is 47.0 Å². The molecule has 1 saturated heterocycles. The number of halogens is 3. The molecule has 1 aliphatic heterocycles. The molecule has 33 heavy (non-hydrogen) atoms. The molecule has 8 nitrogen and oxygen atoms in total. The van der Waals surface area contributed by atoms with E-state index in [2.05, 4.69) is 20.5 Å². The normalized spacial score (nSPS) is 14.2. The number of anilines is 2. The molecule has 0 unspecified atom stereocenters. The zero-order chi connectivity index (χ0) is 23.6. The molecule has 2 heterocycles. The average Bonchev–Trinajstić information content (AvgIpc) is 3.24. The Morgan fingerprint density at radius 3 is 2.61 bits per heavy atom. The van der Waals surface area contributed by atoms with E-state index in [1.807, 2.05) is 4.90 Å². The highest BCUT2D eigenvalue weighted by molar-refractivity contribution is 5.91. The number of phenols is 1. The zero-order valence-corrected chi connectivity index (χ0v) is 17.6. The fourth-order valence-corrected chi connectivity index (χ4v) is 3.60. The fraction of sp³-hybridized carbons (Fsp3) is 0.273. The van der Waals surface area contributed by atoms with Gasteiger partial charge in [-0.2, -0.15) is 0 Å². The van der Waals surface area contributed by atoms with Crippen LogP contribution in [0.5, 0.6) is 11.5 Å². The third-order valence-corrected chi connectivity index (χ3v) is 5.07. The lowest BCUT2D eigenvalue weighted by Gasteiger charge is -2.26. The molecule has 1 amide bonds. The number of phenolic OH excluding ortho intramolecular Hbond substituents is 1. The predicted octanol–water partition coefficient (Wildman–Crippen LogP) is 3.98. The molecule has 0 saturated carbocycles. The van der Waals surface area contributed by atoms with Gasteiger partial charge in [0, 0.05) is 44.7 Å². The second-order valence-corrected chi connectivity index (χ2v) is 7.43. The van der Waals surface area contributed by atoms with Gasteiger partial charge in [0.1, 0.15) is 5.75 Å². The fourth-order valence-electron chi connectivity index (χ4n) is 3.60. The maximum atomic E-state index is 12.9. The number of amides is 1. The van der Waals surface area contributed by atoms with Crippen molar-refractivity contribution in [2.75, 3.05) is 36.4 Å². The summed E-state index contributed by atoms with van der Waals surface area (Å²) in [6, 6.07) is 10.4. The van der Waals surface area contributed by atoms with Crippen LogP contribution in [0.2, 0.25) is 0 Å². The number of aromatic nitrogens is 1. The molecule has 3 N–H and O–H groups in total. The first-order valence-electron chi connectivity index (χ1n) is 10.1. The summed E-state index contributed by atoms with van der Waals surface area (Å²) in [6.45, 7) is 4.34. The minimum atomic E-state index is -4.96.